The smallest absolute Gasteiger partial charge is 0.337 e. The van der Waals surface area contributed by atoms with E-state index in [1.165, 1.54) is 39.3 Å². The van der Waals surface area contributed by atoms with E-state index >= 15 is 0 Å². The summed E-state index contributed by atoms with van der Waals surface area (Å²) in [7, 11) is 2.68. The Balaban J connectivity index is 2.77. The standard InChI is InChI=1S/C13H15BrN2O5/c1-7(11(17)16-13(19)15-2)21-10-5-4-8(6-9(10)14)12(18)20-3/h4-7H,1-3H3,(H2,15,16,17,19). The van der Waals surface area contributed by atoms with Gasteiger partial charge in [-0.1, -0.05) is 0 Å². The van der Waals surface area contributed by atoms with Gasteiger partial charge in [0.25, 0.3) is 5.91 Å². The quantitative estimate of drug-likeness (QED) is 0.794. The largest absolute Gasteiger partial charge is 0.480 e. The molecule has 7 nitrogen and oxygen atoms in total. The van der Waals surface area contributed by atoms with Gasteiger partial charge in [-0.15, -0.1) is 0 Å². The van der Waals surface area contributed by atoms with Gasteiger partial charge in [0, 0.05) is 7.05 Å². The van der Waals surface area contributed by atoms with E-state index in [9.17, 15) is 14.4 Å². The highest BCUT2D eigenvalue weighted by molar-refractivity contribution is 9.10. The molecule has 0 fully saturated rings. The fourth-order valence-electron chi connectivity index (χ4n) is 1.36. The molecule has 0 heterocycles. The van der Waals surface area contributed by atoms with Crippen molar-refractivity contribution in [3.8, 4) is 5.75 Å². The minimum Gasteiger partial charge on any atom is -0.480 e. The molecule has 0 aromatic heterocycles. The highest BCUT2D eigenvalue weighted by Crippen LogP contribution is 2.27. The molecule has 114 valence electrons. The minimum absolute atomic E-state index is 0.346. The first kappa shape index (κ1) is 17.0. The van der Waals surface area contributed by atoms with Gasteiger partial charge in [0.1, 0.15) is 5.75 Å². The summed E-state index contributed by atoms with van der Waals surface area (Å²) in [4.78, 5) is 34.1. The zero-order valence-corrected chi connectivity index (χ0v) is 13.3. The van der Waals surface area contributed by atoms with Gasteiger partial charge >= 0.3 is 12.0 Å². The van der Waals surface area contributed by atoms with Crippen LogP contribution in [0.4, 0.5) is 4.79 Å². The highest BCUT2D eigenvalue weighted by Gasteiger charge is 2.18. The molecule has 1 atom stereocenters. The molecule has 1 rings (SSSR count). The number of hydrogen-bond donors (Lipinski definition) is 2. The van der Waals surface area contributed by atoms with Gasteiger partial charge in [-0.3, -0.25) is 10.1 Å². The van der Waals surface area contributed by atoms with Crippen molar-refractivity contribution in [2.24, 2.45) is 0 Å². The van der Waals surface area contributed by atoms with Gasteiger partial charge < -0.3 is 14.8 Å². The Bertz CT molecular complexity index is 561. The first-order valence-electron chi connectivity index (χ1n) is 5.96. The van der Waals surface area contributed by atoms with E-state index in [0.717, 1.165) is 0 Å². The maximum Gasteiger partial charge on any atom is 0.337 e. The lowest BCUT2D eigenvalue weighted by Gasteiger charge is -2.15. The van der Waals surface area contributed by atoms with E-state index in [1.54, 1.807) is 0 Å². The first-order chi connectivity index (χ1) is 9.88. The Morgan fingerprint density at radius 2 is 1.95 bits per heavy atom. The third kappa shape index (κ3) is 4.75. The van der Waals surface area contributed by atoms with Crippen LogP contribution in [0.25, 0.3) is 0 Å². The topological polar surface area (TPSA) is 93.7 Å². The number of carbonyl (C=O) groups excluding carboxylic acids is 3. The number of esters is 1. The van der Waals surface area contributed by atoms with E-state index in [0.29, 0.717) is 15.8 Å². The van der Waals surface area contributed by atoms with Crippen molar-refractivity contribution >= 4 is 33.8 Å². The van der Waals surface area contributed by atoms with Gasteiger partial charge in [-0.05, 0) is 41.1 Å². The molecule has 1 unspecified atom stereocenters. The number of halogens is 1. The van der Waals surface area contributed by atoms with Crippen molar-refractivity contribution in [3.63, 3.8) is 0 Å². The van der Waals surface area contributed by atoms with Crippen LogP contribution in [-0.4, -0.2) is 38.2 Å². The summed E-state index contributed by atoms with van der Waals surface area (Å²) in [5.74, 6) is -0.701. The van der Waals surface area contributed by atoms with Gasteiger partial charge in [-0.25, -0.2) is 9.59 Å². The minimum atomic E-state index is -0.887. The van der Waals surface area contributed by atoms with Crippen molar-refractivity contribution in [2.75, 3.05) is 14.2 Å². The van der Waals surface area contributed by atoms with E-state index in [4.69, 9.17) is 4.74 Å². The fourth-order valence-corrected chi connectivity index (χ4v) is 1.83. The predicted octanol–water partition coefficient (Wildman–Crippen LogP) is 1.46. The Kier molecular flexibility index (Phi) is 6.16. The van der Waals surface area contributed by atoms with Crippen LogP contribution in [0.1, 0.15) is 17.3 Å². The van der Waals surface area contributed by atoms with Crippen LogP contribution >= 0.6 is 15.9 Å². The Labute approximate surface area is 130 Å². The van der Waals surface area contributed by atoms with Gasteiger partial charge in [0.05, 0.1) is 17.1 Å². The van der Waals surface area contributed by atoms with Crippen LogP contribution in [0.5, 0.6) is 5.75 Å². The zero-order chi connectivity index (χ0) is 16.0. The summed E-state index contributed by atoms with van der Waals surface area (Å²) in [5, 5.41) is 4.37. The fraction of sp³-hybridized carbons (Fsp3) is 0.308. The lowest BCUT2D eigenvalue weighted by Crippen LogP contribution is -2.44. The second kappa shape index (κ2) is 7.63. The Hall–Kier alpha value is -2.09. The normalized spacial score (nSPS) is 11.2. The molecular weight excluding hydrogens is 344 g/mol. The molecule has 8 heteroatoms. The summed E-state index contributed by atoms with van der Waals surface area (Å²) in [6, 6.07) is 3.94. The molecule has 0 radical (unpaired) electrons. The van der Waals surface area contributed by atoms with Gasteiger partial charge in [0.2, 0.25) is 0 Å². The molecule has 0 saturated carbocycles. The first-order valence-corrected chi connectivity index (χ1v) is 6.75. The second-order valence-electron chi connectivity index (χ2n) is 3.97. The second-order valence-corrected chi connectivity index (χ2v) is 4.82. The Morgan fingerprint density at radius 1 is 1.29 bits per heavy atom. The van der Waals surface area contributed by atoms with E-state index < -0.39 is 24.0 Å². The van der Waals surface area contributed by atoms with Crippen molar-refractivity contribution < 1.29 is 23.9 Å². The SMILES string of the molecule is CNC(=O)NC(=O)C(C)Oc1ccc(C(=O)OC)cc1Br. The summed E-state index contributed by atoms with van der Waals surface area (Å²) in [6.45, 7) is 1.50. The Morgan fingerprint density at radius 3 is 2.48 bits per heavy atom. The van der Waals surface area contributed by atoms with Crippen molar-refractivity contribution in [2.45, 2.75) is 13.0 Å². The third-order valence-electron chi connectivity index (χ3n) is 2.49. The maximum atomic E-state index is 11.7. The molecule has 0 saturated heterocycles. The molecule has 3 amide bonds. The summed E-state index contributed by atoms with van der Waals surface area (Å²) in [6.07, 6.45) is -0.887. The molecule has 21 heavy (non-hydrogen) atoms. The molecule has 1 aromatic rings. The third-order valence-corrected chi connectivity index (χ3v) is 3.11. The molecule has 0 aliphatic rings. The number of ether oxygens (including phenoxy) is 2. The summed E-state index contributed by atoms with van der Waals surface area (Å²) < 4.78 is 10.5. The van der Waals surface area contributed by atoms with Crippen LogP contribution < -0.4 is 15.4 Å². The molecule has 0 spiro atoms. The van der Waals surface area contributed by atoms with E-state index in [2.05, 4.69) is 31.3 Å². The molecular formula is C13H15BrN2O5. The number of rotatable bonds is 4. The summed E-state index contributed by atoms with van der Waals surface area (Å²) >= 11 is 3.24. The number of imide groups is 1. The molecule has 0 aliphatic carbocycles. The molecule has 1 aromatic carbocycles. The van der Waals surface area contributed by atoms with Crippen molar-refractivity contribution in [1.29, 1.82) is 0 Å². The molecule has 2 N–H and O–H groups in total. The lowest BCUT2D eigenvalue weighted by molar-refractivity contribution is -0.126. The number of urea groups is 1. The average molecular weight is 359 g/mol. The van der Waals surface area contributed by atoms with E-state index in [-0.39, 0.29) is 0 Å². The highest BCUT2D eigenvalue weighted by atomic mass is 79.9. The van der Waals surface area contributed by atoms with Crippen LogP contribution in [0, 0.1) is 0 Å². The van der Waals surface area contributed by atoms with Gasteiger partial charge in [-0.2, -0.15) is 0 Å². The maximum absolute atomic E-state index is 11.7. The van der Waals surface area contributed by atoms with Crippen LogP contribution in [-0.2, 0) is 9.53 Å². The van der Waals surface area contributed by atoms with Crippen molar-refractivity contribution in [3.05, 3.63) is 28.2 Å². The molecule has 0 aliphatic heterocycles. The van der Waals surface area contributed by atoms with Crippen LogP contribution in [0.2, 0.25) is 0 Å². The number of hydrogen-bond acceptors (Lipinski definition) is 5. The summed E-state index contributed by atoms with van der Waals surface area (Å²) in [5.41, 5.74) is 0.346. The van der Waals surface area contributed by atoms with Gasteiger partial charge in [0.15, 0.2) is 6.10 Å². The molecule has 0 bridgehead atoms. The van der Waals surface area contributed by atoms with Crippen LogP contribution in [0.15, 0.2) is 22.7 Å². The van der Waals surface area contributed by atoms with E-state index in [1.807, 2.05) is 0 Å². The van der Waals surface area contributed by atoms with Crippen molar-refractivity contribution in [1.82, 2.24) is 10.6 Å². The zero-order valence-electron chi connectivity index (χ0n) is 11.7. The number of carbonyl (C=O) groups is 3. The number of nitrogens with one attached hydrogen (secondary N) is 2. The average Bonchev–Trinajstić information content (AvgIpc) is 2.47. The predicted molar refractivity (Wildman–Crippen MR) is 78.2 cm³/mol. The number of benzene rings is 1. The lowest BCUT2D eigenvalue weighted by atomic mass is 10.2. The monoisotopic (exact) mass is 358 g/mol. The number of methoxy groups -OCH3 is 1. The van der Waals surface area contributed by atoms with Crippen LogP contribution in [0.3, 0.4) is 0 Å². The number of amides is 3.